The number of aliphatic hydroxyl groups excluding tert-OH is 1. The second kappa shape index (κ2) is 5.37. The Kier molecular flexibility index (Phi) is 3.86. The van der Waals surface area contributed by atoms with Crippen molar-refractivity contribution in [1.29, 1.82) is 0 Å². The molecular weight excluding hydrogens is 226 g/mol. The van der Waals surface area contributed by atoms with Gasteiger partial charge in [0.15, 0.2) is 0 Å². The highest BCUT2D eigenvalue weighted by molar-refractivity contribution is 5.91. The standard InChI is InChI=1S/C11H17NO5/c13-8-11(1-3-15-4-2-11)12-10(14)9-7-16-5-6-17-9/h7,13H,1-6,8H2,(H,12,14). The van der Waals surface area contributed by atoms with Crippen LogP contribution in [0.1, 0.15) is 12.8 Å². The molecule has 2 heterocycles. The van der Waals surface area contributed by atoms with Crippen LogP contribution in [0.3, 0.4) is 0 Å². The van der Waals surface area contributed by atoms with Gasteiger partial charge in [0.25, 0.3) is 5.91 Å². The first kappa shape index (κ1) is 12.2. The van der Waals surface area contributed by atoms with E-state index in [9.17, 15) is 9.90 Å². The summed E-state index contributed by atoms with van der Waals surface area (Å²) in [6, 6.07) is 0. The molecule has 0 saturated carbocycles. The summed E-state index contributed by atoms with van der Waals surface area (Å²) in [6.07, 6.45) is 2.51. The molecule has 0 aliphatic carbocycles. The van der Waals surface area contributed by atoms with Crippen LogP contribution in [0.2, 0.25) is 0 Å². The predicted octanol–water partition coefficient (Wildman–Crippen LogP) is -0.468. The maximum atomic E-state index is 11.9. The molecule has 2 aliphatic rings. The van der Waals surface area contributed by atoms with Crippen molar-refractivity contribution in [3.63, 3.8) is 0 Å². The van der Waals surface area contributed by atoms with Crippen molar-refractivity contribution in [3.05, 3.63) is 12.0 Å². The fourth-order valence-electron chi connectivity index (χ4n) is 1.87. The van der Waals surface area contributed by atoms with E-state index < -0.39 is 5.54 Å². The van der Waals surface area contributed by atoms with Crippen LogP contribution in [0.15, 0.2) is 12.0 Å². The monoisotopic (exact) mass is 243 g/mol. The number of amides is 1. The van der Waals surface area contributed by atoms with Crippen molar-refractivity contribution in [2.75, 3.05) is 33.0 Å². The first-order valence-electron chi connectivity index (χ1n) is 5.71. The molecule has 0 unspecified atom stereocenters. The highest BCUT2D eigenvalue weighted by Crippen LogP contribution is 2.21. The zero-order valence-corrected chi connectivity index (χ0v) is 9.61. The lowest BCUT2D eigenvalue weighted by Crippen LogP contribution is -2.55. The Morgan fingerprint density at radius 1 is 1.35 bits per heavy atom. The SMILES string of the molecule is O=C(NC1(CO)CCOCC1)C1=COCCO1. The summed E-state index contributed by atoms with van der Waals surface area (Å²) >= 11 is 0. The summed E-state index contributed by atoms with van der Waals surface area (Å²) < 4.78 is 15.4. The number of carbonyl (C=O) groups is 1. The van der Waals surface area contributed by atoms with Crippen LogP contribution in [-0.2, 0) is 19.0 Å². The Bertz CT molecular complexity index is 309. The maximum absolute atomic E-state index is 11.9. The molecule has 6 nitrogen and oxygen atoms in total. The van der Waals surface area contributed by atoms with Crippen molar-refractivity contribution in [3.8, 4) is 0 Å². The van der Waals surface area contributed by atoms with E-state index in [1.807, 2.05) is 0 Å². The Hall–Kier alpha value is -1.27. The minimum absolute atomic E-state index is 0.101. The van der Waals surface area contributed by atoms with Gasteiger partial charge in [-0.1, -0.05) is 0 Å². The third-order valence-corrected chi connectivity index (χ3v) is 3.00. The highest BCUT2D eigenvalue weighted by Gasteiger charge is 2.34. The molecular formula is C11H17NO5. The van der Waals surface area contributed by atoms with Crippen LogP contribution in [0.25, 0.3) is 0 Å². The Balaban J connectivity index is 1.97. The second-order valence-electron chi connectivity index (χ2n) is 4.21. The molecule has 1 amide bonds. The predicted molar refractivity (Wildman–Crippen MR) is 58.0 cm³/mol. The van der Waals surface area contributed by atoms with Gasteiger partial charge in [0.1, 0.15) is 19.5 Å². The van der Waals surface area contributed by atoms with E-state index in [1.165, 1.54) is 6.26 Å². The van der Waals surface area contributed by atoms with E-state index in [0.29, 0.717) is 39.3 Å². The van der Waals surface area contributed by atoms with Crippen molar-refractivity contribution < 1.29 is 24.1 Å². The fraction of sp³-hybridized carbons (Fsp3) is 0.727. The summed E-state index contributed by atoms with van der Waals surface area (Å²) in [6.45, 7) is 1.80. The van der Waals surface area contributed by atoms with Gasteiger partial charge in [-0.2, -0.15) is 0 Å². The number of ether oxygens (including phenoxy) is 3. The fourth-order valence-corrected chi connectivity index (χ4v) is 1.87. The van der Waals surface area contributed by atoms with Crippen LogP contribution in [0.4, 0.5) is 0 Å². The minimum atomic E-state index is -0.600. The van der Waals surface area contributed by atoms with E-state index >= 15 is 0 Å². The van der Waals surface area contributed by atoms with Gasteiger partial charge in [0.05, 0.1) is 12.1 Å². The van der Waals surface area contributed by atoms with Gasteiger partial charge >= 0.3 is 0 Å². The quantitative estimate of drug-likeness (QED) is 0.701. The van der Waals surface area contributed by atoms with Gasteiger partial charge < -0.3 is 24.6 Å². The van der Waals surface area contributed by atoms with Gasteiger partial charge in [0, 0.05) is 13.2 Å². The summed E-state index contributed by atoms with van der Waals surface area (Å²) in [5, 5.41) is 12.2. The third kappa shape index (κ3) is 2.89. The van der Waals surface area contributed by atoms with Gasteiger partial charge in [-0.3, -0.25) is 4.79 Å². The van der Waals surface area contributed by atoms with Gasteiger partial charge in [0.2, 0.25) is 5.76 Å². The van der Waals surface area contributed by atoms with Crippen LogP contribution in [-0.4, -0.2) is 49.6 Å². The van der Waals surface area contributed by atoms with E-state index in [0.717, 1.165) is 0 Å². The number of hydrogen-bond donors (Lipinski definition) is 2. The Morgan fingerprint density at radius 3 is 2.71 bits per heavy atom. The topological polar surface area (TPSA) is 77.0 Å². The normalized spacial score (nSPS) is 23.0. The summed E-state index contributed by atoms with van der Waals surface area (Å²) in [4.78, 5) is 11.9. The molecule has 1 fully saturated rings. The molecule has 2 N–H and O–H groups in total. The zero-order valence-electron chi connectivity index (χ0n) is 9.61. The first-order valence-corrected chi connectivity index (χ1v) is 5.71. The second-order valence-corrected chi connectivity index (χ2v) is 4.21. The van der Waals surface area contributed by atoms with E-state index in [2.05, 4.69) is 5.32 Å². The van der Waals surface area contributed by atoms with E-state index in [4.69, 9.17) is 14.2 Å². The van der Waals surface area contributed by atoms with Crippen molar-refractivity contribution in [1.82, 2.24) is 5.32 Å². The molecule has 2 rings (SSSR count). The molecule has 1 saturated heterocycles. The Labute approximate surface area is 99.5 Å². The number of aliphatic hydroxyl groups is 1. The molecule has 17 heavy (non-hydrogen) atoms. The molecule has 0 spiro atoms. The molecule has 0 bridgehead atoms. The summed E-state index contributed by atoms with van der Waals surface area (Å²) in [7, 11) is 0. The van der Waals surface area contributed by atoms with Gasteiger partial charge in [-0.15, -0.1) is 0 Å². The molecule has 0 aromatic rings. The number of rotatable bonds is 3. The average Bonchev–Trinajstić information content (AvgIpc) is 2.41. The number of nitrogens with one attached hydrogen (secondary N) is 1. The van der Waals surface area contributed by atoms with Crippen molar-refractivity contribution >= 4 is 5.91 Å². The van der Waals surface area contributed by atoms with Crippen LogP contribution in [0.5, 0.6) is 0 Å². The van der Waals surface area contributed by atoms with E-state index in [1.54, 1.807) is 0 Å². The number of hydrogen-bond acceptors (Lipinski definition) is 5. The van der Waals surface area contributed by atoms with E-state index in [-0.39, 0.29) is 18.3 Å². The summed E-state index contributed by atoms with van der Waals surface area (Å²) in [5.74, 6) is -0.184. The minimum Gasteiger partial charge on any atom is -0.494 e. The first-order chi connectivity index (χ1) is 8.26. The lowest BCUT2D eigenvalue weighted by molar-refractivity contribution is -0.126. The molecule has 6 heteroatoms. The smallest absolute Gasteiger partial charge is 0.290 e. The largest absolute Gasteiger partial charge is 0.494 e. The van der Waals surface area contributed by atoms with Crippen LogP contribution < -0.4 is 5.32 Å². The zero-order chi connectivity index (χ0) is 12.1. The van der Waals surface area contributed by atoms with Crippen molar-refractivity contribution in [2.45, 2.75) is 18.4 Å². The number of carbonyl (C=O) groups excluding carboxylic acids is 1. The lowest BCUT2D eigenvalue weighted by atomic mass is 9.91. The molecule has 0 radical (unpaired) electrons. The molecule has 0 aromatic heterocycles. The van der Waals surface area contributed by atoms with Crippen LogP contribution >= 0.6 is 0 Å². The molecule has 0 aromatic carbocycles. The summed E-state index contributed by atoms with van der Waals surface area (Å²) in [5.41, 5.74) is -0.600. The molecule has 0 atom stereocenters. The Morgan fingerprint density at radius 2 is 2.12 bits per heavy atom. The molecule has 2 aliphatic heterocycles. The lowest BCUT2D eigenvalue weighted by Gasteiger charge is -2.36. The van der Waals surface area contributed by atoms with Gasteiger partial charge in [-0.25, -0.2) is 0 Å². The third-order valence-electron chi connectivity index (χ3n) is 3.00. The average molecular weight is 243 g/mol. The van der Waals surface area contributed by atoms with Gasteiger partial charge in [-0.05, 0) is 12.8 Å². The van der Waals surface area contributed by atoms with Crippen molar-refractivity contribution in [2.24, 2.45) is 0 Å². The molecule has 96 valence electrons. The van der Waals surface area contributed by atoms with Crippen LogP contribution in [0, 0.1) is 0 Å². The maximum Gasteiger partial charge on any atom is 0.290 e. The highest BCUT2D eigenvalue weighted by atomic mass is 16.6.